The summed E-state index contributed by atoms with van der Waals surface area (Å²) >= 11 is 0. The van der Waals surface area contributed by atoms with Crippen LogP contribution in [0.4, 0.5) is 0 Å². The molecule has 3 heteroatoms. The Kier molecular flexibility index (Phi) is 5.80. The van der Waals surface area contributed by atoms with E-state index >= 15 is 0 Å². The van der Waals surface area contributed by atoms with Crippen molar-refractivity contribution in [1.29, 1.82) is 0 Å². The lowest BCUT2D eigenvalue weighted by atomic mass is 9.90. The fourth-order valence-electron chi connectivity index (χ4n) is 3.30. The van der Waals surface area contributed by atoms with Crippen LogP contribution in [0.25, 0.3) is 0 Å². The van der Waals surface area contributed by atoms with E-state index in [-0.39, 0.29) is 5.91 Å². The van der Waals surface area contributed by atoms with Crippen LogP contribution in [-0.4, -0.2) is 19.6 Å². The number of ether oxygens (including phenoxy) is 1. The van der Waals surface area contributed by atoms with Crippen molar-refractivity contribution in [3.8, 4) is 0 Å². The summed E-state index contributed by atoms with van der Waals surface area (Å²) in [7, 11) is 1.72. The molecule has 0 saturated heterocycles. The first kappa shape index (κ1) is 16.0. The number of rotatable bonds is 7. The van der Waals surface area contributed by atoms with Crippen molar-refractivity contribution >= 4 is 5.91 Å². The van der Waals surface area contributed by atoms with Crippen LogP contribution in [0.15, 0.2) is 30.3 Å². The second-order valence-corrected chi connectivity index (χ2v) is 6.05. The van der Waals surface area contributed by atoms with Crippen LogP contribution in [0.2, 0.25) is 0 Å². The van der Waals surface area contributed by atoms with E-state index in [9.17, 15) is 4.79 Å². The lowest BCUT2D eigenvalue weighted by Gasteiger charge is -2.32. The van der Waals surface area contributed by atoms with Gasteiger partial charge >= 0.3 is 0 Å². The minimum absolute atomic E-state index is 0.160. The number of amides is 1. The Balaban J connectivity index is 1.95. The molecule has 2 rings (SSSR count). The molecule has 1 unspecified atom stereocenters. The fourth-order valence-corrected chi connectivity index (χ4v) is 3.30. The van der Waals surface area contributed by atoms with E-state index in [1.54, 1.807) is 7.11 Å². The smallest absolute Gasteiger partial charge is 0.220 e. The molecule has 1 N–H and O–H groups in total. The van der Waals surface area contributed by atoms with Crippen LogP contribution < -0.4 is 5.32 Å². The van der Waals surface area contributed by atoms with Crippen LogP contribution in [0.5, 0.6) is 0 Å². The Morgan fingerprint density at radius 1 is 1.29 bits per heavy atom. The maximum absolute atomic E-state index is 12.1. The second-order valence-electron chi connectivity index (χ2n) is 6.05. The predicted octanol–water partition coefficient (Wildman–Crippen LogP) is 3.63. The van der Waals surface area contributed by atoms with E-state index < -0.39 is 5.60 Å². The van der Waals surface area contributed by atoms with Gasteiger partial charge in [-0.2, -0.15) is 0 Å². The van der Waals surface area contributed by atoms with Gasteiger partial charge in [-0.05, 0) is 30.7 Å². The van der Waals surface area contributed by atoms with Gasteiger partial charge in [0.2, 0.25) is 5.91 Å². The third-order valence-electron chi connectivity index (χ3n) is 4.78. The summed E-state index contributed by atoms with van der Waals surface area (Å²) in [4.78, 5) is 12.1. The van der Waals surface area contributed by atoms with E-state index in [0.717, 1.165) is 12.0 Å². The number of nitrogens with one attached hydrogen (secondary N) is 1. The lowest BCUT2D eigenvalue weighted by molar-refractivity contribution is -0.123. The van der Waals surface area contributed by atoms with Crippen LogP contribution >= 0.6 is 0 Å². The highest BCUT2D eigenvalue weighted by atomic mass is 16.5. The molecule has 0 bridgehead atoms. The topological polar surface area (TPSA) is 38.3 Å². The number of carbonyl (C=O) groups is 1. The SMILES string of the molecule is CCC(CNC(=O)CC1CCCC1)(OC)c1ccccc1. The molecule has 3 nitrogen and oxygen atoms in total. The first-order chi connectivity index (χ1) is 10.2. The molecule has 21 heavy (non-hydrogen) atoms. The zero-order valence-electron chi connectivity index (χ0n) is 13.2. The van der Waals surface area contributed by atoms with Crippen LogP contribution in [0, 0.1) is 5.92 Å². The summed E-state index contributed by atoms with van der Waals surface area (Å²) in [6.07, 6.45) is 6.46. The number of hydrogen-bond donors (Lipinski definition) is 1. The van der Waals surface area contributed by atoms with Gasteiger partial charge in [0.1, 0.15) is 5.60 Å². The summed E-state index contributed by atoms with van der Waals surface area (Å²) in [6.45, 7) is 2.63. The lowest BCUT2D eigenvalue weighted by Crippen LogP contribution is -2.42. The molecule has 0 heterocycles. The largest absolute Gasteiger partial charge is 0.372 e. The van der Waals surface area contributed by atoms with E-state index in [1.165, 1.54) is 25.7 Å². The van der Waals surface area contributed by atoms with Crippen LogP contribution in [-0.2, 0) is 15.1 Å². The number of hydrogen-bond acceptors (Lipinski definition) is 2. The molecule has 1 aromatic carbocycles. The van der Waals surface area contributed by atoms with Crippen molar-refractivity contribution in [3.63, 3.8) is 0 Å². The molecule has 1 aliphatic carbocycles. The average Bonchev–Trinajstić information content (AvgIpc) is 3.03. The summed E-state index contributed by atoms with van der Waals surface area (Å²) in [5.74, 6) is 0.744. The molecule has 116 valence electrons. The van der Waals surface area contributed by atoms with E-state index in [1.807, 2.05) is 18.2 Å². The first-order valence-corrected chi connectivity index (χ1v) is 8.07. The minimum Gasteiger partial charge on any atom is -0.372 e. The molecule has 0 aromatic heterocycles. The molecule has 1 aliphatic rings. The average molecular weight is 289 g/mol. The van der Waals surface area contributed by atoms with Crippen molar-refractivity contribution in [3.05, 3.63) is 35.9 Å². The van der Waals surface area contributed by atoms with Gasteiger partial charge in [-0.15, -0.1) is 0 Å². The molecule has 1 amide bonds. The summed E-state index contributed by atoms with van der Waals surface area (Å²) in [5, 5.41) is 3.09. The third-order valence-corrected chi connectivity index (χ3v) is 4.78. The first-order valence-electron chi connectivity index (χ1n) is 8.07. The molecular formula is C18H27NO2. The van der Waals surface area contributed by atoms with Gasteiger partial charge in [-0.25, -0.2) is 0 Å². The van der Waals surface area contributed by atoms with Crippen LogP contribution in [0.3, 0.4) is 0 Å². The predicted molar refractivity (Wildman–Crippen MR) is 85.0 cm³/mol. The Hall–Kier alpha value is -1.35. The van der Waals surface area contributed by atoms with Crippen molar-refractivity contribution < 1.29 is 9.53 Å². The van der Waals surface area contributed by atoms with Crippen molar-refractivity contribution in [2.45, 2.75) is 51.0 Å². The zero-order chi connectivity index (χ0) is 15.1. The minimum atomic E-state index is -0.424. The van der Waals surface area contributed by atoms with Gasteiger partial charge in [-0.3, -0.25) is 4.79 Å². The molecule has 0 spiro atoms. The van der Waals surface area contributed by atoms with Gasteiger partial charge < -0.3 is 10.1 Å². The maximum atomic E-state index is 12.1. The van der Waals surface area contributed by atoms with E-state index in [4.69, 9.17) is 4.74 Å². The summed E-state index contributed by atoms with van der Waals surface area (Å²) in [5.41, 5.74) is 0.697. The Labute approximate surface area is 128 Å². The molecule has 1 atom stereocenters. The number of carbonyl (C=O) groups excluding carboxylic acids is 1. The monoisotopic (exact) mass is 289 g/mol. The maximum Gasteiger partial charge on any atom is 0.220 e. The Morgan fingerprint density at radius 3 is 2.52 bits per heavy atom. The van der Waals surface area contributed by atoms with Gasteiger partial charge in [-0.1, -0.05) is 50.1 Å². The highest BCUT2D eigenvalue weighted by Gasteiger charge is 2.30. The zero-order valence-corrected chi connectivity index (χ0v) is 13.2. The van der Waals surface area contributed by atoms with Crippen LogP contribution in [0.1, 0.15) is 51.0 Å². The highest BCUT2D eigenvalue weighted by Crippen LogP contribution is 2.29. The van der Waals surface area contributed by atoms with E-state index in [2.05, 4.69) is 24.4 Å². The number of methoxy groups -OCH3 is 1. The third kappa shape index (κ3) is 4.07. The summed E-state index contributed by atoms with van der Waals surface area (Å²) < 4.78 is 5.78. The normalized spacial score (nSPS) is 18.4. The fraction of sp³-hybridized carbons (Fsp3) is 0.611. The molecular weight excluding hydrogens is 262 g/mol. The summed E-state index contributed by atoms with van der Waals surface area (Å²) in [6, 6.07) is 10.2. The van der Waals surface area contributed by atoms with Crippen molar-refractivity contribution in [2.24, 2.45) is 5.92 Å². The van der Waals surface area contributed by atoms with Gasteiger partial charge in [0.05, 0.1) is 6.54 Å². The molecule has 1 fully saturated rings. The van der Waals surface area contributed by atoms with Gasteiger partial charge in [0.25, 0.3) is 0 Å². The molecule has 1 saturated carbocycles. The Bertz CT molecular complexity index is 434. The van der Waals surface area contributed by atoms with Crippen molar-refractivity contribution in [1.82, 2.24) is 5.32 Å². The quantitative estimate of drug-likeness (QED) is 0.832. The highest BCUT2D eigenvalue weighted by molar-refractivity contribution is 5.76. The van der Waals surface area contributed by atoms with E-state index in [0.29, 0.717) is 18.9 Å². The molecule has 0 aliphatic heterocycles. The molecule has 1 aromatic rings. The molecule has 0 radical (unpaired) electrons. The number of benzene rings is 1. The second kappa shape index (κ2) is 7.60. The Morgan fingerprint density at radius 2 is 1.95 bits per heavy atom. The van der Waals surface area contributed by atoms with Crippen molar-refractivity contribution in [2.75, 3.05) is 13.7 Å². The van der Waals surface area contributed by atoms with Gasteiger partial charge in [0, 0.05) is 13.5 Å². The van der Waals surface area contributed by atoms with Gasteiger partial charge in [0.15, 0.2) is 0 Å². The standard InChI is InChI=1S/C18H27NO2/c1-3-18(21-2,16-11-5-4-6-12-16)14-19-17(20)13-15-9-7-8-10-15/h4-6,11-12,15H,3,7-10,13-14H2,1-2H3,(H,19,20).